The Morgan fingerprint density at radius 3 is 2.70 bits per heavy atom. The lowest BCUT2D eigenvalue weighted by Gasteiger charge is -2.11. The van der Waals surface area contributed by atoms with Crippen molar-refractivity contribution in [2.24, 2.45) is 5.73 Å². The number of rotatable bonds is 5. The zero-order valence-corrected chi connectivity index (χ0v) is 12.9. The largest absolute Gasteiger partial charge is 0.457 e. The highest BCUT2D eigenvalue weighted by Gasteiger charge is 2.05. The van der Waals surface area contributed by atoms with Gasteiger partial charge in [-0.25, -0.2) is 4.39 Å². The summed E-state index contributed by atoms with van der Waals surface area (Å²) < 4.78 is 19.6. The van der Waals surface area contributed by atoms with Gasteiger partial charge in [0.25, 0.3) is 0 Å². The lowest BCUT2D eigenvalue weighted by atomic mass is 10.0. The predicted molar refractivity (Wildman–Crippen MR) is 82.6 cm³/mol. The fourth-order valence-corrected chi connectivity index (χ4v) is 2.35. The molecule has 2 nitrogen and oxygen atoms in total. The minimum Gasteiger partial charge on any atom is -0.457 e. The van der Waals surface area contributed by atoms with Gasteiger partial charge in [0, 0.05) is 16.6 Å². The Kier molecular flexibility index (Phi) is 5.15. The molecule has 0 aliphatic rings. The van der Waals surface area contributed by atoms with Crippen molar-refractivity contribution in [3.8, 4) is 11.5 Å². The molecule has 106 valence electrons. The lowest BCUT2D eigenvalue weighted by molar-refractivity contribution is 0.475. The summed E-state index contributed by atoms with van der Waals surface area (Å²) in [7, 11) is 0. The molecule has 20 heavy (non-hydrogen) atoms. The van der Waals surface area contributed by atoms with Crippen LogP contribution in [0.2, 0.25) is 0 Å². The summed E-state index contributed by atoms with van der Waals surface area (Å²) in [6.07, 6.45) is 1.74. The normalized spacial score (nSPS) is 12.2. The van der Waals surface area contributed by atoms with E-state index in [1.165, 1.54) is 12.1 Å². The van der Waals surface area contributed by atoms with Gasteiger partial charge < -0.3 is 10.5 Å². The van der Waals surface area contributed by atoms with Crippen LogP contribution in [0.1, 0.15) is 18.9 Å². The van der Waals surface area contributed by atoms with E-state index in [-0.39, 0.29) is 11.9 Å². The molecule has 0 radical (unpaired) electrons. The Balaban J connectivity index is 2.15. The van der Waals surface area contributed by atoms with E-state index in [2.05, 4.69) is 22.9 Å². The number of halogens is 2. The molecular formula is C16H17BrFNO. The molecule has 4 heteroatoms. The van der Waals surface area contributed by atoms with Crippen LogP contribution in [-0.4, -0.2) is 6.04 Å². The average Bonchev–Trinajstić information content (AvgIpc) is 2.37. The number of ether oxygens (including phenoxy) is 1. The van der Waals surface area contributed by atoms with Crippen LogP contribution >= 0.6 is 15.9 Å². The molecule has 2 rings (SSSR count). The maximum absolute atomic E-state index is 13.3. The smallest absolute Gasteiger partial charge is 0.131 e. The second kappa shape index (κ2) is 6.86. The van der Waals surface area contributed by atoms with Crippen molar-refractivity contribution in [1.82, 2.24) is 0 Å². The molecule has 0 amide bonds. The van der Waals surface area contributed by atoms with Gasteiger partial charge in [-0.2, -0.15) is 0 Å². The number of hydrogen-bond acceptors (Lipinski definition) is 2. The van der Waals surface area contributed by atoms with Crippen LogP contribution < -0.4 is 10.5 Å². The first-order chi connectivity index (χ1) is 9.56. The van der Waals surface area contributed by atoms with Gasteiger partial charge in [-0.1, -0.05) is 35.0 Å². The van der Waals surface area contributed by atoms with E-state index >= 15 is 0 Å². The van der Waals surface area contributed by atoms with Crippen LogP contribution in [-0.2, 0) is 6.42 Å². The molecule has 1 atom stereocenters. The number of hydrogen-bond donors (Lipinski definition) is 1. The van der Waals surface area contributed by atoms with Crippen LogP contribution in [0.25, 0.3) is 0 Å². The van der Waals surface area contributed by atoms with E-state index in [0.717, 1.165) is 18.4 Å². The summed E-state index contributed by atoms with van der Waals surface area (Å²) in [4.78, 5) is 0. The molecule has 0 bridgehead atoms. The van der Waals surface area contributed by atoms with Crippen LogP contribution in [0.4, 0.5) is 4.39 Å². The fourth-order valence-electron chi connectivity index (χ4n) is 1.91. The van der Waals surface area contributed by atoms with Crippen LogP contribution in [0, 0.1) is 5.82 Å². The van der Waals surface area contributed by atoms with Gasteiger partial charge >= 0.3 is 0 Å². The molecule has 2 aromatic carbocycles. The van der Waals surface area contributed by atoms with Gasteiger partial charge in [0.1, 0.15) is 17.3 Å². The highest BCUT2D eigenvalue weighted by Crippen LogP contribution is 2.26. The first kappa shape index (κ1) is 15.0. The zero-order chi connectivity index (χ0) is 14.5. The lowest BCUT2D eigenvalue weighted by Crippen LogP contribution is -2.21. The zero-order valence-electron chi connectivity index (χ0n) is 11.3. The number of nitrogens with two attached hydrogens (primary N) is 1. The van der Waals surface area contributed by atoms with E-state index in [1.807, 2.05) is 24.3 Å². The molecule has 0 aliphatic heterocycles. The first-order valence-corrected chi connectivity index (χ1v) is 7.34. The van der Waals surface area contributed by atoms with Crippen molar-refractivity contribution < 1.29 is 9.13 Å². The highest BCUT2D eigenvalue weighted by atomic mass is 79.9. The maximum atomic E-state index is 13.3. The van der Waals surface area contributed by atoms with Crippen LogP contribution in [0.5, 0.6) is 11.5 Å². The molecule has 0 aromatic heterocycles. The molecule has 0 aliphatic carbocycles. The molecule has 2 aromatic rings. The highest BCUT2D eigenvalue weighted by molar-refractivity contribution is 9.10. The summed E-state index contributed by atoms with van der Waals surface area (Å²) in [5.41, 5.74) is 7.07. The van der Waals surface area contributed by atoms with E-state index in [4.69, 9.17) is 10.5 Å². The molecule has 0 saturated heterocycles. The van der Waals surface area contributed by atoms with Crippen LogP contribution in [0.15, 0.2) is 46.9 Å². The van der Waals surface area contributed by atoms with Crippen molar-refractivity contribution >= 4 is 15.9 Å². The third-order valence-electron chi connectivity index (χ3n) is 2.99. The van der Waals surface area contributed by atoms with E-state index in [0.29, 0.717) is 16.0 Å². The summed E-state index contributed by atoms with van der Waals surface area (Å²) in [5.74, 6) is 0.815. The molecule has 0 heterocycles. The quantitative estimate of drug-likeness (QED) is 0.861. The SMILES string of the molecule is CCC(N)Cc1cccc(Oc2cc(F)cc(Br)c2)c1. The average molecular weight is 338 g/mol. The topological polar surface area (TPSA) is 35.2 Å². The van der Waals surface area contributed by atoms with Crippen molar-refractivity contribution in [3.63, 3.8) is 0 Å². The Hall–Kier alpha value is -1.39. The summed E-state index contributed by atoms with van der Waals surface area (Å²) in [6.45, 7) is 2.06. The standard InChI is InChI=1S/C16H17BrFNO/c1-2-14(19)6-11-4-3-5-15(7-11)20-16-9-12(17)8-13(18)10-16/h3-5,7-10,14H,2,6,19H2,1H3. The van der Waals surface area contributed by atoms with Gasteiger partial charge in [-0.3, -0.25) is 0 Å². The van der Waals surface area contributed by atoms with E-state index in [9.17, 15) is 4.39 Å². The number of benzene rings is 2. The van der Waals surface area contributed by atoms with Gasteiger partial charge in [0.2, 0.25) is 0 Å². The molecule has 0 spiro atoms. The monoisotopic (exact) mass is 337 g/mol. The molecular weight excluding hydrogens is 321 g/mol. The third-order valence-corrected chi connectivity index (χ3v) is 3.45. The fraction of sp³-hybridized carbons (Fsp3) is 0.250. The Labute approximate surface area is 126 Å². The van der Waals surface area contributed by atoms with Gasteiger partial charge in [0.05, 0.1) is 0 Å². The van der Waals surface area contributed by atoms with Crippen molar-refractivity contribution in [3.05, 3.63) is 58.3 Å². The Morgan fingerprint density at radius 2 is 2.00 bits per heavy atom. The summed E-state index contributed by atoms with van der Waals surface area (Å²) in [5, 5.41) is 0. The van der Waals surface area contributed by atoms with Crippen LogP contribution in [0.3, 0.4) is 0 Å². The molecule has 2 N–H and O–H groups in total. The molecule has 0 saturated carbocycles. The van der Waals surface area contributed by atoms with E-state index < -0.39 is 0 Å². The maximum Gasteiger partial charge on any atom is 0.131 e. The molecule has 1 unspecified atom stereocenters. The minimum atomic E-state index is -0.335. The van der Waals surface area contributed by atoms with Crippen molar-refractivity contribution in [1.29, 1.82) is 0 Å². The first-order valence-electron chi connectivity index (χ1n) is 6.55. The second-order valence-electron chi connectivity index (χ2n) is 4.73. The Morgan fingerprint density at radius 1 is 1.20 bits per heavy atom. The summed E-state index contributed by atoms with van der Waals surface area (Å²) in [6, 6.07) is 12.3. The van der Waals surface area contributed by atoms with Crippen molar-refractivity contribution in [2.75, 3.05) is 0 Å². The molecule has 0 fully saturated rings. The van der Waals surface area contributed by atoms with Gasteiger partial charge in [-0.05, 0) is 42.7 Å². The van der Waals surface area contributed by atoms with Gasteiger partial charge in [0.15, 0.2) is 0 Å². The second-order valence-corrected chi connectivity index (χ2v) is 5.64. The predicted octanol–water partition coefficient (Wildman–Crippen LogP) is 4.66. The minimum absolute atomic E-state index is 0.147. The summed E-state index contributed by atoms with van der Waals surface area (Å²) >= 11 is 3.25. The third kappa shape index (κ3) is 4.32. The Bertz CT molecular complexity index is 568. The van der Waals surface area contributed by atoms with Crippen molar-refractivity contribution in [2.45, 2.75) is 25.8 Å². The van der Waals surface area contributed by atoms with Gasteiger partial charge in [-0.15, -0.1) is 0 Å². The van der Waals surface area contributed by atoms with E-state index in [1.54, 1.807) is 6.07 Å².